The fraction of sp³-hybridized carbons (Fsp3) is 0.0476. The Hall–Kier alpha value is -3.45. The van der Waals surface area contributed by atoms with Gasteiger partial charge in [-0.1, -0.05) is 54.2 Å². The Balaban J connectivity index is 1.74. The van der Waals surface area contributed by atoms with Crippen molar-refractivity contribution >= 4 is 17.6 Å². The maximum Gasteiger partial charge on any atom is 0.270 e. The molecule has 0 saturated heterocycles. The Bertz CT molecular complexity index is 1120. The number of rotatable bonds is 5. The highest BCUT2D eigenvalue weighted by Crippen LogP contribution is 2.33. The van der Waals surface area contributed by atoms with E-state index >= 15 is 0 Å². The van der Waals surface area contributed by atoms with E-state index in [4.69, 9.17) is 10.2 Å². The Morgan fingerprint density at radius 1 is 0.964 bits per heavy atom. The molecule has 0 aliphatic carbocycles. The minimum atomic E-state index is 0.240. The first-order valence-electron chi connectivity index (χ1n) is 8.65. The molecule has 0 aliphatic rings. The van der Waals surface area contributed by atoms with E-state index in [2.05, 4.69) is 20.2 Å². The average molecular weight is 387 g/mol. The van der Waals surface area contributed by atoms with Gasteiger partial charge < -0.3 is 10.2 Å². The maximum atomic E-state index is 6.05. The Morgan fingerprint density at radius 2 is 1.71 bits per heavy atom. The van der Waals surface area contributed by atoms with Crippen molar-refractivity contribution in [1.82, 2.24) is 20.2 Å². The molecule has 6 nitrogen and oxygen atoms in total. The zero-order chi connectivity index (χ0) is 19.3. The summed E-state index contributed by atoms with van der Waals surface area (Å²) in [6.07, 6.45) is 3.65. The molecule has 2 aromatic heterocycles. The van der Waals surface area contributed by atoms with Gasteiger partial charge in [-0.3, -0.25) is 0 Å². The van der Waals surface area contributed by atoms with Crippen LogP contribution in [0.3, 0.4) is 0 Å². The number of allylic oxidation sites excluding steroid dienone is 1. The molecule has 0 unspecified atom stereocenters. The lowest BCUT2D eigenvalue weighted by Gasteiger charge is -2.08. The van der Waals surface area contributed by atoms with Crippen molar-refractivity contribution in [2.45, 2.75) is 11.8 Å². The lowest BCUT2D eigenvalue weighted by atomic mass is 10.1. The lowest BCUT2D eigenvalue weighted by Crippen LogP contribution is -1.99. The van der Waals surface area contributed by atoms with Crippen LogP contribution in [-0.2, 0) is 0 Å². The van der Waals surface area contributed by atoms with Crippen molar-refractivity contribution in [3.05, 3.63) is 72.3 Å². The van der Waals surface area contributed by atoms with Crippen LogP contribution in [0.5, 0.6) is 0 Å². The predicted molar refractivity (Wildman–Crippen MR) is 111 cm³/mol. The average Bonchev–Trinajstić information content (AvgIpc) is 3.23. The van der Waals surface area contributed by atoms with Gasteiger partial charge >= 0.3 is 0 Å². The predicted octanol–water partition coefficient (Wildman–Crippen LogP) is 5.07. The third-order valence-electron chi connectivity index (χ3n) is 3.94. The van der Waals surface area contributed by atoms with Gasteiger partial charge in [-0.2, -0.15) is 0 Å². The molecule has 0 bridgehead atoms. The highest BCUT2D eigenvalue weighted by atomic mass is 32.2. The molecule has 0 amide bonds. The third-order valence-corrected chi connectivity index (χ3v) is 4.96. The molecule has 0 atom stereocenters. The summed E-state index contributed by atoms with van der Waals surface area (Å²) >= 11 is 1.62. The molecule has 0 fully saturated rings. The molecule has 4 rings (SSSR count). The molecular weight excluding hydrogens is 370 g/mol. The van der Waals surface area contributed by atoms with Gasteiger partial charge in [0.2, 0.25) is 5.89 Å². The summed E-state index contributed by atoms with van der Waals surface area (Å²) < 4.78 is 5.80. The molecule has 0 spiro atoms. The van der Waals surface area contributed by atoms with Crippen LogP contribution in [0.2, 0.25) is 0 Å². The quantitative estimate of drug-likeness (QED) is 0.478. The monoisotopic (exact) mass is 387 g/mol. The van der Waals surface area contributed by atoms with E-state index in [1.165, 1.54) is 0 Å². The van der Waals surface area contributed by atoms with Gasteiger partial charge in [-0.25, -0.2) is 9.97 Å². The summed E-state index contributed by atoms with van der Waals surface area (Å²) in [6.45, 7) is 1.98. The largest absolute Gasteiger partial charge is 0.414 e. The minimum Gasteiger partial charge on any atom is -0.414 e. The molecule has 2 heterocycles. The van der Waals surface area contributed by atoms with Crippen LogP contribution < -0.4 is 5.73 Å². The summed E-state index contributed by atoms with van der Waals surface area (Å²) in [5.41, 5.74) is 8.90. The highest BCUT2D eigenvalue weighted by molar-refractivity contribution is 8.02. The van der Waals surface area contributed by atoms with E-state index < -0.39 is 0 Å². The number of thioether (sulfide) groups is 1. The molecule has 138 valence electrons. The number of anilines is 1. The zero-order valence-corrected chi connectivity index (χ0v) is 15.9. The zero-order valence-electron chi connectivity index (χ0n) is 15.1. The van der Waals surface area contributed by atoms with E-state index in [0.29, 0.717) is 17.3 Å². The van der Waals surface area contributed by atoms with Crippen LogP contribution in [0.25, 0.3) is 34.3 Å². The molecule has 0 saturated carbocycles. The summed E-state index contributed by atoms with van der Waals surface area (Å²) in [6, 6.07) is 17.5. The van der Waals surface area contributed by atoms with Crippen molar-refractivity contribution < 1.29 is 4.42 Å². The number of hydrogen-bond acceptors (Lipinski definition) is 7. The number of nitrogens with zero attached hydrogens (tertiary/aromatic N) is 4. The smallest absolute Gasteiger partial charge is 0.270 e. The second kappa shape index (κ2) is 8.06. The summed E-state index contributed by atoms with van der Waals surface area (Å²) in [4.78, 5) is 10.0. The molecule has 2 aromatic carbocycles. The van der Waals surface area contributed by atoms with Gasteiger partial charge in [-0.05, 0) is 30.5 Å². The lowest BCUT2D eigenvalue weighted by molar-refractivity contribution is 0.582. The number of hydrogen-bond donors (Lipinski definition) is 1. The van der Waals surface area contributed by atoms with Gasteiger partial charge in [0.1, 0.15) is 0 Å². The molecule has 7 heteroatoms. The minimum absolute atomic E-state index is 0.240. The number of nitrogens with two attached hydrogens (primary N) is 1. The first kappa shape index (κ1) is 17.9. The second-order valence-electron chi connectivity index (χ2n) is 5.85. The summed E-state index contributed by atoms with van der Waals surface area (Å²) in [5.74, 6) is 0.890. The van der Waals surface area contributed by atoms with E-state index in [1.807, 2.05) is 73.0 Å². The fourth-order valence-electron chi connectivity index (χ4n) is 2.62. The maximum absolute atomic E-state index is 6.05. The van der Waals surface area contributed by atoms with E-state index in [-0.39, 0.29) is 11.7 Å². The van der Waals surface area contributed by atoms with Crippen LogP contribution in [0.4, 0.5) is 5.82 Å². The van der Waals surface area contributed by atoms with Crippen LogP contribution in [-0.4, -0.2) is 20.2 Å². The topological polar surface area (TPSA) is 90.7 Å². The van der Waals surface area contributed by atoms with Crippen LogP contribution in [0.15, 0.2) is 81.6 Å². The number of benzene rings is 2. The van der Waals surface area contributed by atoms with Crippen LogP contribution in [0, 0.1) is 0 Å². The van der Waals surface area contributed by atoms with Gasteiger partial charge in [0.25, 0.3) is 5.89 Å². The molecule has 28 heavy (non-hydrogen) atoms. The van der Waals surface area contributed by atoms with E-state index in [1.54, 1.807) is 18.0 Å². The molecular formula is C21H17N5OS. The second-order valence-corrected chi connectivity index (χ2v) is 6.80. The molecule has 0 radical (unpaired) electrons. The fourth-order valence-corrected chi connectivity index (χ4v) is 3.36. The Labute approximate surface area is 166 Å². The number of nitrogen functional groups attached to an aromatic ring is 1. The Morgan fingerprint density at radius 3 is 2.54 bits per heavy atom. The van der Waals surface area contributed by atoms with Crippen molar-refractivity contribution in [3.8, 4) is 34.3 Å². The van der Waals surface area contributed by atoms with Gasteiger partial charge in [0.15, 0.2) is 11.5 Å². The third kappa shape index (κ3) is 3.65. The van der Waals surface area contributed by atoms with Crippen molar-refractivity contribution in [1.29, 1.82) is 0 Å². The molecule has 2 N–H and O–H groups in total. The van der Waals surface area contributed by atoms with Gasteiger partial charge in [0, 0.05) is 16.0 Å². The van der Waals surface area contributed by atoms with Gasteiger partial charge in [-0.15, -0.1) is 10.2 Å². The highest BCUT2D eigenvalue weighted by Gasteiger charge is 2.17. The standard InChI is InChI=1S/C21H17N5OS/c1-2-12-28-17-11-7-6-10-15(17)16-13-23-19(22)18(24-16)21-26-25-20(27-21)14-8-4-3-5-9-14/h2-13H,1H3,(H2,22,23)/b12-2-. The summed E-state index contributed by atoms with van der Waals surface area (Å²) in [5, 5.41) is 10.2. The van der Waals surface area contributed by atoms with Crippen LogP contribution >= 0.6 is 11.8 Å². The first-order valence-corrected chi connectivity index (χ1v) is 9.53. The van der Waals surface area contributed by atoms with Crippen molar-refractivity contribution in [2.75, 3.05) is 5.73 Å². The SMILES string of the molecule is C/C=C\Sc1ccccc1-c1cnc(N)c(-c2nnc(-c3ccccc3)o2)n1. The van der Waals surface area contributed by atoms with Crippen molar-refractivity contribution in [2.24, 2.45) is 0 Å². The normalized spacial score (nSPS) is 11.2. The molecule has 0 aliphatic heterocycles. The summed E-state index contributed by atoms with van der Waals surface area (Å²) in [7, 11) is 0. The van der Waals surface area contributed by atoms with Crippen LogP contribution in [0.1, 0.15) is 6.92 Å². The van der Waals surface area contributed by atoms with Gasteiger partial charge in [0.05, 0.1) is 11.9 Å². The van der Waals surface area contributed by atoms with E-state index in [9.17, 15) is 0 Å². The van der Waals surface area contributed by atoms with Crippen molar-refractivity contribution in [3.63, 3.8) is 0 Å². The Kier molecular flexibility index (Phi) is 5.16. The first-order chi connectivity index (χ1) is 13.8. The number of aromatic nitrogens is 4. The molecule has 4 aromatic rings. The van der Waals surface area contributed by atoms with E-state index in [0.717, 1.165) is 16.0 Å².